The van der Waals surface area contributed by atoms with Gasteiger partial charge in [-0.1, -0.05) is 0 Å². The standard InChI is InChI=1S/C11H18N6O2/c1-3-18-4-5-19-7-9-14-10(16-12)8-6-13-17(2)11(8)15-9/h6H,3-5,7,12H2,1-2H3,(H,14,15,16). The van der Waals surface area contributed by atoms with Gasteiger partial charge in [-0.25, -0.2) is 15.8 Å². The van der Waals surface area contributed by atoms with Gasteiger partial charge in [0.05, 0.1) is 24.8 Å². The Labute approximate surface area is 110 Å². The Hall–Kier alpha value is -1.77. The summed E-state index contributed by atoms with van der Waals surface area (Å²) in [5, 5.41) is 4.90. The Kier molecular flexibility index (Phi) is 4.61. The smallest absolute Gasteiger partial charge is 0.163 e. The van der Waals surface area contributed by atoms with Gasteiger partial charge in [0.25, 0.3) is 0 Å². The molecular weight excluding hydrogens is 248 g/mol. The van der Waals surface area contributed by atoms with Crippen molar-refractivity contribution in [1.82, 2.24) is 19.7 Å². The number of hydrogen-bond donors (Lipinski definition) is 2. The van der Waals surface area contributed by atoms with Gasteiger partial charge in [0.2, 0.25) is 0 Å². The lowest BCUT2D eigenvalue weighted by Gasteiger charge is -2.06. The average Bonchev–Trinajstić information content (AvgIpc) is 2.80. The Balaban J connectivity index is 2.08. The summed E-state index contributed by atoms with van der Waals surface area (Å²) >= 11 is 0. The van der Waals surface area contributed by atoms with Gasteiger partial charge < -0.3 is 14.9 Å². The molecule has 19 heavy (non-hydrogen) atoms. The number of nitrogen functional groups attached to an aromatic ring is 1. The van der Waals surface area contributed by atoms with Crippen molar-refractivity contribution in [1.29, 1.82) is 0 Å². The largest absolute Gasteiger partial charge is 0.379 e. The summed E-state index contributed by atoms with van der Waals surface area (Å²) < 4.78 is 12.3. The number of aryl methyl sites for hydroxylation is 1. The second kappa shape index (κ2) is 6.41. The predicted molar refractivity (Wildman–Crippen MR) is 70.3 cm³/mol. The van der Waals surface area contributed by atoms with Crippen LogP contribution in [-0.4, -0.2) is 39.6 Å². The molecule has 0 bridgehead atoms. The highest BCUT2D eigenvalue weighted by molar-refractivity contribution is 5.86. The highest BCUT2D eigenvalue weighted by atomic mass is 16.5. The molecule has 0 unspecified atom stereocenters. The molecule has 0 aromatic carbocycles. The SMILES string of the molecule is CCOCCOCc1nc(NN)c2cnn(C)c2n1. The Morgan fingerprint density at radius 2 is 2.11 bits per heavy atom. The summed E-state index contributed by atoms with van der Waals surface area (Å²) in [6.07, 6.45) is 1.67. The normalized spacial score (nSPS) is 11.1. The summed E-state index contributed by atoms with van der Waals surface area (Å²) in [6, 6.07) is 0. The van der Waals surface area contributed by atoms with E-state index in [-0.39, 0.29) is 0 Å². The number of hydrogen-bond acceptors (Lipinski definition) is 7. The van der Waals surface area contributed by atoms with E-state index in [4.69, 9.17) is 15.3 Å². The first-order chi connectivity index (χ1) is 9.26. The maximum Gasteiger partial charge on any atom is 0.163 e. The molecule has 104 valence electrons. The number of nitrogens with zero attached hydrogens (tertiary/aromatic N) is 4. The van der Waals surface area contributed by atoms with Crippen LogP contribution in [-0.2, 0) is 23.1 Å². The molecule has 0 spiro atoms. The maximum atomic E-state index is 5.45. The van der Waals surface area contributed by atoms with Gasteiger partial charge >= 0.3 is 0 Å². The van der Waals surface area contributed by atoms with Gasteiger partial charge in [0.1, 0.15) is 6.61 Å². The van der Waals surface area contributed by atoms with Gasteiger partial charge in [-0.2, -0.15) is 5.10 Å². The third-order valence-corrected chi connectivity index (χ3v) is 2.58. The van der Waals surface area contributed by atoms with Crippen LogP contribution in [0.4, 0.5) is 5.82 Å². The first kappa shape index (κ1) is 13.7. The summed E-state index contributed by atoms with van der Waals surface area (Å²) in [5.41, 5.74) is 3.26. The first-order valence-electron chi connectivity index (χ1n) is 6.07. The summed E-state index contributed by atoms with van der Waals surface area (Å²) in [6.45, 7) is 4.00. The Morgan fingerprint density at radius 1 is 1.32 bits per heavy atom. The maximum absolute atomic E-state index is 5.45. The highest BCUT2D eigenvalue weighted by Gasteiger charge is 2.10. The van der Waals surface area contributed by atoms with Crippen LogP contribution in [0, 0.1) is 0 Å². The molecule has 0 amide bonds. The van der Waals surface area contributed by atoms with E-state index in [0.717, 1.165) is 5.39 Å². The van der Waals surface area contributed by atoms with E-state index in [9.17, 15) is 0 Å². The molecule has 8 nitrogen and oxygen atoms in total. The summed E-state index contributed by atoms with van der Waals surface area (Å²) in [7, 11) is 1.81. The van der Waals surface area contributed by atoms with Gasteiger partial charge in [-0.05, 0) is 6.92 Å². The predicted octanol–water partition coefficient (Wildman–Crippen LogP) is 0.202. The minimum atomic E-state index is 0.308. The third-order valence-electron chi connectivity index (χ3n) is 2.58. The second-order valence-electron chi connectivity index (χ2n) is 3.89. The molecule has 2 heterocycles. The van der Waals surface area contributed by atoms with Crippen molar-refractivity contribution in [3.8, 4) is 0 Å². The molecule has 0 aliphatic heterocycles. The minimum Gasteiger partial charge on any atom is -0.379 e. The van der Waals surface area contributed by atoms with E-state index in [1.165, 1.54) is 0 Å². The quantitative estimate of drug-likeness (QED) is 0.419. The molecule has 2 aromatic heterocycles. The molecule has 2 aromatic rings. The molecule has 8 heteroatoms. The number of rotatable bonds is 7. The highest BCUT2D eigenvalue weighted by Crippen LogP contribution is 2.18. The summed E-state index contributed by atoms with van der Waals surface area (Å²) in [4.78, 5) is 8.67. The van der Waals surface area contributed by atoms with Crippen molar-refractivity contribution >= 4 is 16.9 Å². The number of ether oxygens (including phenoxy) is 2. The van der Waals surface area contributed by atoms with Crippen LogP contribution in [0.2, 0.25) is 0 Å². The van der Waals surface area contributed by atoms with Gasteiger partial charge in [0, 0.05) is 13.7 Å². The lowest BCUT2D eigenvalue weighted by atomic mass is 10.4. The molecule has 0 saturated carbocycles. The molecule has 0 aliphatic rings. The number of aromatic nitrogens is 4. The molecular formula is C11H18N6O2. The fraction of sp³-hybridized carbons (Fsp3) is 0.545. The van der Waals surface area contributed by atoms with Crippen LogP contribution in [0.3, 0.4) is 0 Å². The molecule has 0 saturated heterocycles. The van der Waals surface area contributed by atoms with Crippen LogP contribution in [0.15, 0.2) is 6.20 Å². The van der Waals surface area contributed by atoms with E-state index >= 15 is 0 Å². The molecule has 0 atom stereocenters. The van der Waals surface area contributed by atoms with Crippen molar-refractivity contribution in [2.45, 2.75) is 13.5 Å². The Bertz CT molecular complexity index is 541. The van der Waals surface area contributed by atoms with Crippen molar-refractivity contribution in [2.24, 2.45) is 12.9 Å². The third kappa shape index (κ3) is 3.16. The zero-order valence-corrected chi connectivity index (χ0v) is 11.1. The van der Waals surface area contributed by atoms with E-state index in [2.05, 4.69) is 20.5 Å². The number of nitrogens with one attached hydrogen (secondary N) is 1. The van der Waals surface area contributed by atoms with E-state index in [1.54, 1.807) is 10.9 Å². The van der Waals surface area contributed by atoms with Gasteiger partial charge in [0.15, 0.2) is 17.3 Å². The fourth-order valence-electron chi connectivity index (χ4n) is 1.67. The van der Waals surface area contributed by atoms with Crippen molar-refractivity contribution in [2.75, 3.05) is 25.2 Å². The number of anilines is 1. The zero-order valence-electron chi connectivity index (χ0n) is 11.1. The van der Waals surface area contributed by atoms with Crippen LogP contribution < -0.4 is 11.3 Å². The van der Waals surface area contributed by atoms with Crippen molar-refractivity contribution in [3.05, 3.63) is 12.0 Å². The lowest BCUT2D eigenvalue weighted by molar-refractivity contribution is 0.0429. The monoisotopic (exact) mass is 266 g/mol. The molecule has 3 N–H and O–H groups in total. The molecule has 0 fully saturated rings. The number of fused-ring (bicyclic) bond motifs is 1. The van der Waals surface area contributed by atoms with Gasteiger partial charge in [-0.15, -0.1) is 0 Å². The van der Waals surface area contributed by atoms with Crippen LogP contribution >= 0.6 is 0 Å². The fourth-order valence-corrected chi connectivity index (χ4v) is 1.67. The molecule has 0 radical (unpaired) electrons. The topological polar surface area (TPSA) is 100 Å². The Morgan fingerprint density at radius 3 is 2.84 bits per heavy atom. The van der Waals surface area contributed by atoms with E-state index in [0.29, 0.717) is 43.7 Å². The molecule has 0 aliphatic carbocycles. The van der Waals surface area contributed by atoms with Gasteiger partial charge in [-0.3, -0.25) is 4.68 Å². The summed E-state index contributed by atoms with van der Waals surface area (Å²) in [5.74, 6) is 6.55. The number of nitrogens with two attached hydrogens (primary N) is 1. The lowest BCUT2D eigenvalue weighted by Crippen LogP contribution is -2.12. The first-order valence-corrected chi connectivity index (χ1v) is 6.07. The van der Waals surface area contributed by atoms with E-state index < -0.39 is 0 Å². The second-order valence-corrected chi connectivity index (χ2v) is 3.89. The average molecular weight is 266 g/mol. The van der Waals surface area contributed by atoms with Crippen LogP contribution in [0.1, 0.15) is 12.7 Å². The minimum absolute atomic E-state index is 0.308. The van der Waals surface area contributed by atoms with Crippen LogP contribution in [0.5, 0.6) is 0 Å². The number of hydrazine groups is 1. The van der Waals surface area contributed by atoms with Crippen LogP contribution in [0.25, 0.3) is 11.0 Å². The van der Waals surface area contributed by atoms with E-state index in [1.807, 2.05) is 14.0 Å². The van der Waals surface area contributed by atoms with Crippen molar-refractivity contribution < 1.29 is 9.47 Å². The van der Waals surface area contributed by atoms with Crippen molar-refractivity contribution in [3.63, 3.8) is 0 Å². The zero-order chi connectivity index (χ0) is 13.7. The molecule has 2 rings (SSSR count).